The quantitative estimate of drug-likeness (QED) is 0.177. The van der Waals surface area contributed by atoms with Gasteiger partial charge in [-0.15, -0.1) is 0 Å². The number of nitrogens with zero attached hydrogens (tertiary/aromatic N) is 5. The van der Waals surface area contributed by atoms with Crippen molar-refractivity contribution in [1.82, 2.24) is 24.1 Å². The van der Waals surface area contributed by atoms with Crippen molar-refractivity contribution in [1.29, 1.82) is 0 Å². The second kappa shape index (κ2) is 12.3. The molecule has 266 valence electrons. The summed E-state index contributed by atoms with van der Waals surface area (Å²) in [5, 5.41) is 7.04. The maximum atomic E-state index is 6.73. The molecule has 12 rings (SSSR count). The van der Waals surface area contributed by atoms with Crippen LogP contribution in [0.3, 0.4) is 0 Å². The van der Waals surface area contributed by atoms with E-state index in [4.69, 9.17) is 19.4 Å². The van der Waals surface area contributed by atoms with Gasteiger partial charge in [0.05, 0.1) is 22.1 Å². The lowest BCUT2D eigenvalue weighted by Crippen LogP contribution is -2.00. The highest BCUT2D eigenvalue weighted by molar-refractivity contribution is 6.17. The van der Waals surface area contributed by atoms with Crippen molar-refractivity contribution in [2.24, 2.45) is 0 Å². The van der Waals surface area contributed by atoms with Crippen molar-refractivity contribution >= 4 is 65.6 Å². The predicted octanol–water partition coefficient (Wildman–Crippen LogP) is 13.0. The van der Waals surface area contributed by atoms with Crippen LogP contribution < -0.4 is 0 Å². The number of aromatic nitrogens is 5. The average molecular weight is 730 g/mol. The third kappa shape index (κ3) is 4.94. The minimum absolute atomic E-state index is 0.626. The van der Waals surface area contributed by atoms with E-state index in [0.717, 1.165) is 61.0 Å². The van der Waals surface area contributed by atoms with Gasteiger partial charge in [0.15, 0.2) is 17.5 Å². The molecule has 0 saturated carbocycles. The van der Waals surface area contributed by atoms with Crippen LogP contribution in [0.15, 0.2) is 192 Å². The van der Waals surface area contributed by atoms with E-state index in [-0.39, 0.29) is 0 Å². The third-order valence-corrected chi connectivity index (χ3v) is 11.2. The first-order valence-corrected chi connectivity index (χ1v) is 19.1. The van der Waals surface area contributed by atoms with Gasteiger partial charge >= 0.3 is 0 Å². The van der Waals surface area contributed by atoms with Crippen molar-refractivity contribution in [2.75, 3.05) is 0 Å². The van der Waals surface area contributed by atoms with Gasteiger partial charge in [0.2, 0.25) is 0 Å². The van der Waals surface area contributed by atoms with E-state index < -0.39 is 0 Å². The number of rotatable bonds is 5. The van der Waals surface area contributed by atoms with Crippen molar-refractivity contribution in [3.8, 4) is 45.5 Å². The van der Waals surface area contributed by atoms with Crippen molar-refractivity contribution in [2.45, 2.75) is 0 Å². The zero-order chi connectivity index (χ0) is 37.5. The van der Waals surface area contributed by atoms with E-state index in [1.807, 2.05) is 60.7 Å². The van der Waals surface area contributed by atoms with Crippen LogP contribution in [-0.4, -0.2) is 24.1 Å². The van der Waals surface area contributed by atoms with Crippen LogP contribution in [-0.2, 0) is 0 Å². The molecule has 0 unspecified atom stereocenters. The third-order valence-electron chi connectivity index (χ3n) is 11.2. The Hall–Kier alpha value is -7.83. The molecular weight excluding hydrogens is 699 g/mol. The van der Waals surface area contributed by atoms with Gasteiger partial charge in [-0.05, 0) is 60.7 Å². The Kier molecular flexibility index (Phi) is 6.83. The summed E-state index contributed by atoms with van der Waals surface area (Å²) in [5.41, 5.74) is 11.2. The minimum atomic E-state index is 0.626. The van der Waals surface area contributed by atoms with Gasteiger partial charge in [-0.2, -0.15) is 0 Å². The van der Waals surface area contributed by atoms with Crippen molar-refractivity contribution < 1.29 is 4.42 Å². The first-order valence-electron chi connectivity index (χ1n) is 19.1. The molecule has 0 amide bonds. The summed E-state index contributed by atoms with van der Waals surface area (Å²) in [4.78, 5) is 14.8. The number of fused-ring (bicyclic) bond motifs is 9. The Balaban J connectivity index is 0.993. The summed E-state index contributed by atoms with van der Waals surface area (Å²) < 4.78 is 11.4. The minimum Gasteiger partial charge on any atom is -0.456 e. The Morgan fingerprint density at radius 3 is 1.30 bits per heavy atom. The number of furan rings is 1. The normalized spacial score (nSPS) is 11.9. The lowest BCUT2D eigenvalue weighted by Gasteiger charge is -2.10. The SMILES string of the molecule is c1ccc(-c2nc(-c3ccccc3)nc(-c3ccc(-n4c5ccccc5c5cc6c(cc54)oc4cc(-n5c7ccccc7c7ccccc75)ccc46)cc3)n2)cc1. The second-order valence-corrected chi connectivity index (χ2v) is 14.5. The highest BCUT2D eigenvalue weighted by atomic mass is 16.3. The van der Waals surface area contributed by atoms with Crippen LogP contribution in [0.25, 0.3) is 111 Å². The molecule has 0 aliphatic rings. The van der Waals surface area contributed by atoms with Crippen LogP contribution in [0.2, 0.25) is 0 Å². The van der Waals surface area contributed by atoms with E-state index in [2.05, 4.69) is 137 Å². The standard InChI is InChI=1S/C51H31N5O/c1-3-13-32(14-4-1)49-52-50(33-15-5-2-6-16-33)54-51(53-49)34-23-25-35(26-24-34)55-45-22-12-9-19-39(45)41-30-42-40-28-27-36(29-47(40)57-48(42)31-46(41)55)56-43-20-10-7-17-37(43)38-18-8-11-21-44(38)56/h1-31H. The van der Waals surface area contributed by atoms with Gasteiger partial charge in [-0.1, -0.05) is 115 Å². The van der Waals surface area contributed by atoms with E-state index in [1.54, 1.807) is 0 Å². The van der Waals surface area contributed by atoms with Crippen LogP contribution in [0.1, 0.15) is 0 Å². The summed E-state index contributed by atoms with van der Waals surface area (Å²) in [5.74, 6) is 1.91. The van der Waals surface area contributed by atoms with E-state index in [9.17, 15) is 0 Å². The molecule has 4 heterocycles. The summed E-state index contributed by atoms with van der Waals surface area (Å²) in [6.07, 6.45) is 0. The van der Waals surface area contributed by atoms with E-state index in [0.29, 0.717) is 17.5 Å². The molecule has 0 fully saturated rings. The topological polar surface area (TPSA) is 61.7 Å². The van der Waals surface area contributed by atoms with Gasteiger partial charge < -0.3 is 13.6 Å². The number of hydrogen-bond acceptors (Lipinski definition) is 4. The van der Waals surface area contributed by atoms with Crippen LogP contribution in [0, 0.1) is 0 Å². The Morgan fingerprint density at radius 2 is 0.737 bits per heavy atom. The summed E-state index contributed by atoms with van der Waals surface area (Å²) in [6.45, 7) is 0. The number of benzene rings is 8. The molecule has 0 atom stereocenters. The molecule has 4 aromatic heterocycles. The monoisotopic (exact) mass is 729 g/mol. The van der Waals surface area contributed by atoms with E-state index >= 15 is 0 Å². The Labute approximate surface area is 326 Å². The van der Waals surface area contributed by atoms with Crippen molar-refractivity contribution in [3.05, 3.63) is 188 Å². The maximum absolute atomic E-state index is 6.73. The largest absolute Gasteiger partial charge is 0.456 e. The first-order chi connectivity index (χ1) is 28.2. The molecule has 6 nitrogen and oxygen atoms in total. The molecule has 0 aliphatic carbocycles. The average Bonchev–Trinajstić information content (AvgIpc) is 3.93. The maximum Gasteiger partial charge on any atom is 0.164 e. The first kappa shape index (κ1) is 31.5. The molecule has 0 radical (unpaired) electrons. The second-order valence-electron chi connectivity index (χ2n) is 14.5. The van der Waals surface area contributed by atoms with Gasteiger partial charge in [0.1, 0.15) is 11.2 Å². The Bertz CT molecular complexity index is 3400. The fraction of sp³-hybridized carbons (Fsp3) is 0. The van der Waals surface area contributed by atoms with Gasteiger partial charge in [0, 0.05) is 72.5 Å². The van der Waals surface area contributed by atoms with E-state index in [1.165, 1.54) is 32.6 Å². The predicted molar refractivity (Wildman–Crippen MR) is 232 cm³/mol. The fourth-order valence-corrected chi connectivity index (χ4v) is 8.54. The lowest BCUT2D eigenvalue weighted by atomic mass is 10.1. The van der Waals surface area contributed by atoms with Gasteiger partial charge in [0.25, 0.3) is 0 Å². The molecule has 12 aromatic rings. The highest BCUT2D eigenvalue weighted by Gasteiger charge is 2.19. The van der Waals surface area contributed by atoms with Crippen LogP contribution >= 0.6 is 0 Å². The number of para-hydroxylation sites is 3. The summed E-state index contributed by atoms with van der Waals surface area (Å²) >= 11 is 0. The highest BCUT2D eigenvalue weighted by Crippen LogP contribution is 2.40. The molecule has 0 aliphatic heterocycles. The van der Waals surface area contributed by atoms with Crippen LogP contribution in [0.4, 0.5) is 0 Å². The molecule has 0 saturated heterocycles. The lowest BCUT2D eigenvalue weighted by molar-refractivity contribution is 0.669. The number of hydrogen-bond donors (Lipinski definition) is 0. The zero-order valence-electron chi connectivity index (χ0n) is 30.5. The smallest absolute Gasteiger partial charge is 0.164 e. The fourth-order valence-electron chi connectivity index (χ4n) is 8.54. The Morgan fingerprint density at radius 1 is 0.298 bits per heavy atom. The summed E-state index contributed by atoms with van der Waals surface area (Å²) in [7, 11) is 0. The zero-order valence-corrected chi connectivity index (χ0v) is 30.5. The molecule has 0 spiro atoms. The van der Waals surface area contributed by atoms with Gasteiger partial charge in [-0.25, -0.2) is 15.0 Å². The molecule has 6 heteroatoms. The molecular formula is C51H31N5O. The van der Waals surface area contributed by atoms with Crippen molar-refractivity contribution in [3.63, 3.8) is 0 Å². The van der Waals surface area contributed by atoms with Crippen LogP contribution in [0.5, 0.6) is 0 Å². The molecule has 0 N–H and O–H groups in total. The summed E-state index contributed by atoms with van der Waals surface area (Å²) in [6, 6.07) is 65.5. The molecule has 57 heavy (non-hydrogen) atoms. The molecule has 0 bridgehead atoms. The van der Waals surface area contributed by atoms with Gasteiger partial charge in [-0.3, -0.25) is 0 Å². The molecule has 8 aromatic carbocycles.